The van der Waals surface area contributed by atoms with Gasteiger partial charge in [-0.25, -0.2) is 4.98 Å². The molecule has 4 rings (SSSR count). The minimum atomic E-state index is -4.30. The third kappa shape index (κ3) is 3.11. The first-order valence-corrected chi connectivity index (χ1v) is 8.51. The van der Waals surface area contributed by atoms with E-state index in [0.717, 1.165) is 16.5 Å². The summed E-state index contributed by atoms with van der Waals surface area (Å²) in [5, 5.41) is 10.4. The molecule has 1 fully saturated rings. The summed E-state index contributed by atoms with van der Waals surface area (Å²) in [6.45, 7) is 0.305. The van der Waals surface area contributed by atoms with Crippen LogP contribution in [0.25, 0.3) is 22.2 Å². The lowest BCUT2D eigenvalue weighted by Gasteiger charge is -2.28. The van der Waals surface area contributed by atoms with Crippen molar-refractivity contribution in [3.8, 4) is 11.3 Å². The fourth-order valence-electron chi connectivity index (χ4n) is 3.42. The number of rotatable bonds is 3. The van der Waals surface area contributed by atoms with Gasteiger partial charge in [-0.1, -0.05) is 6.07 Å². The van der Waals surface area contributed by atoms with Gasteiger partial charge in [0.2, 0.25) is 5.95 Å². The number of fused-ring (bicyclic) bond motifs is 1. The predicted octanol–water partition coefficient (Wildman–Crippen LogP) is 3.17. The highest BCUT2D eigenvalue weighted by atomic mass is 19.4. The number of benzene rings is 1. The van der Waals surface area contributed by atoms with E-state index in [2.05, 4.69) is 25.5 Å². The summed E-state index contributed by atoms with van der Waals surface area (Å²) in [5.41, 5.74) is 7.76. The monoisotopic (exact) mass is 377 g/mol. The van der Waals surface area contributed by atoms with Crippen LogP contribution in [0.3, 0.4) is 0 Å². The predicted molar refractivity (Wildman–Crippen MR) is 97.5 cm³/mol. The Morgan fingerprint density at radius 2 is 2.07 bits per heavy atom. The van der Waals surface area contributed by atoms with Crippen LogP contribution in [-0.2, 0) is 0 Å². The van der Waals surface area contributed by atoms with Crippen LogP contribution in [0, 0.1) is 0 Å². The van der Waals surface area contributed by atoms with Gasteiger partial charge in [-0.05, 0) is 25.0 Å². The summed E-state index contributed by atoms with van der Waals surface area (Å²) < 4.78 is 40.1. The number of nitrogens with one attached hydrogen (secondary N) is 2. The number of H-pyrrole nitrogens is 1. The van der Waals surface area contributed by atoms with E-state index in [4.69, 9.17) is 5.73 Å². The molecular weight excluding hydrogens is 359 g/mol. The Kier molecular flexibility index (Phi) is 4.05. The van der Waals surface area contributed by atoms with E-state index >= 15 is 0 Å². The number of nitrogens with two attached hydrogens (primary N) is 1. The Hall–Kier alpha value is -3.04. The van der Waals surface area contributed by atoms with Crippen molar-refractivity contribution in [2.24, 2.45) is 0 Å². The van der Waals surface area contributed by atoms with Crippen molar-refractivity contribution in [1.29, 1.82) is 0 Å². The average Bonchev–Trinajstić information content (AvgIpc) is 3.28. The van der Waals surface area contributed by atoms with E-state index in [1.165, 1.54) is 4.90 Å². The van der Waals surface area contributed by atoms with E-state index in [1.54, 1.807) is 19.2 Å². The highest BCUT2D eigenvalue weighted by Gasteiger charge is 2.46. The standard InChI is InChI=1S/C17H18F3N7/c1-22-16-23-11(9-4-5-10-12(7-9)25-26-15(10)21)8-14(24-16)27-6-2-3-13(27)17(18,19)20/h4-5,7-8,13H,2-3,6H2,1H3,(H3,21,25,26)(H,22,23,24). The second-order valence-electron chi connectivity index (χ2n) is 6.45. The van der Waals surface area contributed by atoms with E-state index in [1.807, 2.05) is 12.1 Å². The van der Waals surface area contributed by atoms with E-state index in [0.29, 0.717) is 24.5 Å². The lowest BCUT2D eigenvalue weighted by molar-refractivity contribution is -0.146. The lowest BCUT2D eigenvalue weighted by Crippen LogP contribution is -2.41. The molecule has 1 saturated heterocycles. The Labute approximate surface area is 152 Å². The minimum absolute atomic E-state index is 0.0666. The van der Waals surface area contributed by atoms with Crippen molar-refractivity contribution in [3.05, 3.63) is 24.3 Å². The van der Waals surface area contributed by atoms with E-state index < -0.39 is 12.2 Å². The molecule has 3 heterocycles. The summed E-state index contributed by atoms with van der Waals surface area (Å²) >= 11 is 0. The molecule has 0 radical (unpaired) electrons. The number of halogens is 3. The van der Waals surface area contributed by atoms with Gasteiger partial charge in [0.15, 0.2) is 5.82 Å². The van der Waals surface area contributed by atoms with E-state index in [9.17, 15) is 13.2 Å². The number of hydrogen-bond donors (Lipinski definition) is 3. The number of aromatic nitrogens is 4. The fraction of sp³-hybridized carbons (Fsp3) is 0.353. The van der Waals surface area contributed by atoms with Crippen molar-refractivity contribution in [1.82, 2.24) is 20.2 Å². The summed E-state index contributed by atoms with van der Waals surface area (Å²) in [4.78, 5) is 9.96. The zero-order valence-corrected chi connectivity index (χ0v) is 14.5. The molecule has 27 heavy (non-hydrogen) atoms. The van der Waals surface area contributed by atoms with Crippen LogP contribution in [0.5, 0.6) is 0 Å². The molecule has 7 nitrogen and oxygen atoms in total. The second-order valence-corrected chi connectivity index (χ2v) is 6.45. The zero-order valence-electron chi connectivity index (χ0n) is 14.5. The van der Waals surface area contributed by atoms with Crippen molar-refractivity contribution in [2.75, 3.05) is 29.5 Å². The molecule has 1 aromatic carbocycles. The average molecular weight is 377 g/mol. The second kappa shape index (κ2) is 6.29. The number of alkyl halides is 3. The third-order valence-corrected chi connectivity index (χ3v) is 4.75. The maximum Gasteiger partial charge on any atom is 0.408 e. The number of aromatic amines is 1. The molecular formula is C17H18F3N7. The van der Waals surface area contributed by atoms with Crippen LogP contribution in [0.4, 0.5) is 30.8 Å². The molecule has 3 aromatic rings. The highest BCUT2D eigenvalue weighted by Crippen LogP contribution is 2.36. The quantitative estimate of drug-likeness (QED) is 0.649. The van der Waals surface area contributed by atoms with Gasteiger partial charge in [-0.15, -0.1) is 0 Å². The topological polar surface area (TPSA) is 95.8 Å². The molecule has 4 N–H and O–H groups in total. The molecule has 0 spiro atoms. The Morgan fingerprint density at radius 1 is 1.26 bits per heavy atom. The Morgan fingerprint density at radius 3 is 2.81 bits per heavy atom. The highest BCUT2D eigenvalue weighted by molar-refractivity contribution is 5.91. The van der Waals surface area contributed by atoms with Crippen LogP contribution < -0.4 is 16.0 Å². The van der Waals surface area contributed by atoms with Crippen LogP contribution in [0.1, 0.15) is 12.8 Å². The molecule has 0 bridgehead atoms. The van der Waals surface area contributed by atoms with Gasteiger partial charge in [-0.3, -0.25) is 5.10 Å². The van der Waals surface area contributed by atoms with Crippen molar-refractivity contribution in [3.63, 3.8) is 0 Å². The van der Waals surface area contributed by atoms with Crippen molar-refractivity contribution >= 4 is 28.5 Å². The smallest absolute Gasteiger partial charge is 0.382 e. The van der Waals surface area contributed by atoms with Crippen LogP contribution >= 0.6 is 0 Å². The Balaban J connectivity index is 1.78. The van der Waals surface area contributed by atoms with Crippen LogP contribution in [-0.4, -0.2) is 46.0 Å². The van der Waals surface area contributed by atoms with Gasteiger partial charge in [0, 0.05) is 30.6 Å². The number of nitrogen functional groups attached to an aromatic ring is 1. The molecule has 0 aliphatic carbocycles. The van der Waals surface area contributed by atoms with E-state index in [-0.39, 0.29) is 18.2 Å². The number of hydrogen-bond acceptors (Lipinski definition) is 6. The van der Waals surface area contributed by atoms with Crippen molar-refractivity contribution in [2.45, 2.75) is 25.1 Å². The molecule has 1 aliphatic rings. The molecule has 1 unspecified atom stereocenters. The summed E-state index contributed by atoms with van der Waals surface area (Å²) in [5.74, 6) is 0.911. The maximum atomic E-state index is 13.4. The fourth-order valence-corrected chi connectivity index (χ4v) is 3.42. The summed E-state index contributed by atoms with van der Waals surface area (Å²) in [6.07, 6.45) is -3.76. The van der Waals surface area contributed by atoms with Crippen LogP contribution in [0.2, 0.25) is 0 Å². The van der Waals surface area contributed by atoms with Gasteiger partial charge in [-0.2, -0.15) is 23.3 Å². The maximum absolute atomic E-state index is 13.4. The van der Waals surface area contributed by atoms with Crippen LogP contribution in [0.15, 0.2) is 24.3 Å². The largest absolute Gasteiger partial charge is 0.408 e. The molecule has 2 aromatic heterocycles. The van der Waals surface area contributed by atoms with Gasteiger partial charge in [0.05, 0.1) is 11.2 Å². The molecule has 1 aliphatic heterocycles. The van der Waals surface area contributed by atoms with Gasteiger partial charge in [0.25, 0.3) is 0 Å². The van der Waals surface area contributed by atoms with Crippen molar-refractivity contribution < 1.29 is 13.2 Å². The van der Waals surface area contributed by atoms with Gasteiger partial charge >= 0.3 is 6.18 Å². The molecule has 0 saturated carbocycles. The SMILES string of the molecule is CNc1nc(-c2ccc3c(N)n[nH]c3c2)cc(N2CCCC2C(F)(F)F)n1. The first-order valence-electron chi connectivity index (χ1n) is 8.51. The lowest BCUT2D eigenvalue weighted by atomic mass is 10.1. The van der Waals surface area contributed by atoms with Gasteiger partial charge in [0.1, 0.15) is 11.9 Å². The first kappa shape index (κ1) is 17.4. The summed E-state index contributed by atoms with van der Waals surface area (Å²) in [7, 11) is 1.63. The zero-order chi connectivity index (χ0) is 19.2. The first-order chi connectivity index (χ1) is 12.9. The third-order valence-electron chi connectivity index (χ3n) is 4.75. The molecule has 142 valence electrons. The summed E-state index contributed by atoms with van der Waals surface area (Å²) in [6, 6.07) is 5.49. The Bertz CT molecular complexity index is 982. The van der Waals surface area contributed by atoms with Gasteiger partial charge < -0.3 is 16.0 Å². The molecule has 10 heteroatoms. The molecule has 0 amide bonds. The number of anilines is 3. The normalized spacial score (nSPS) is 17.6. The molecule has 1 atom stereocenters. The number of nitrogens with zero attached hydrogens (tertiary/aromatic N) is 4. The minimum Gasteiger partial charge on any atom is -0.382 e.